The Morgan fingerprint density at radius 2 is 1.88 bits per heavy atom. The first kappa shape index (κ1) is 19.7. The quantitative estimate of drug-likeness (QED) is 0.596. The lowest BCUT2D eigenvalue weighted by atomic mass is 10.1. The van der Waals surface area contributed by atoms with E-state index in [2.05, 4.69) is 17.2 Å². The van der Waals surface area contributed by atoms with Crippen molar-refractivity contribution < 1.29 is 22.7 Å². The Labute approximate surface area is 154 Å². The molecule has 0 spiro atoms. The van der Waals surface area contributed by atoms with E-state index < -0.39 is 17.8 Å². The highest BCUT2D eigenvalue weighted by molar-refractivity contribution is 6.30. The number of alkyl halides is 3. The van der Waals surface area contributed by atoms with Gasteiger partial charge in [-0.05, 0) is 23.8 Å². The van der Waals surface area contributed by atoms with Crippen molar-refractivity contribution in [2.75, 3.05) is 6.54 Å². The molecule has 0 aromatic heterocycles. The molecule has 0 aliphatic heterocycles. The van der Waals surface area contributed by atoms with Gasteiger partial charge < -0.3 is 10.1 Å². The number of hydrogen-bond donors (Lipinski definition) is 1. The van der Waals surface area contributed by atoms with E-state index in [0.717, 1.165) is 11.6 Å². The molecule has 0 heterocycles. The Morgan fingerprint density at radius 1 is 1.15 bits per heavy atom. The summed E-state index contributed by atoms with van der Waals surface area (Å²) in [6.07, 6.45) is -4.95. The molecule has 0 fully saturated rings. The van der Waals surface area contributed by atoms with Crippen LogP contribution in [0.1, 0.15) is 23.1 Å². The van der Waals surface area contributed by atoms with Gasteiger partial charge in [0.15, 0.2) is 0 Å². The molecule has 0 radical (unpaired) electrons. The zero-order valence-corrected chi connectivity index (χ0v) is 14.3. The first-order chi connectivity index (χ1) is 12.4. The molecule has 0 aliphatic rings. The van der Waals surface area contributed by atoms with Gasteiger partial charge in [-0.25, -0.2) is 4.79 Å². The van der Waals surface area contributed by atoms with E-state index in [4.69, 9.17) is 16.3 Å². The van der Waals surface area contributed by atoms with Crippen LogP contribution in [0.2, 0.25) is 5.02 Å². The SMILES string of the molecule is O=C(NCCC#Cc1cc(Cl)ccc1C(F)(F)F)OCc1ccccc1. The minimum Gasteiger partial charge on any atom is -0.445 e. The molecule has 0 saturated carbocycles. The minimum atomic E-state index is -4.51. The molecule has 7 heteroatoms. The van der Waals surface area contributed by atoms with Crippen molar-refractivity contribution in [2.45, 2.75) is 19.2 Å². The third-order valence-corrected chi connectivity index (χ3v) is 3.48. The van der Waals surface area contributed by atoms with Crippen molar-refractivity contribution in [3.63, 3.8) is 0 Å². The molecular formula is C19H15ClF3NO2. The number of nitrogens with one attached hydrogen (secondary N) is 1. The molecular weight excluding hydrogens is 367 g/mol. The molecule has 0 atom stereocenters. The molecule has 0 saturated heterocycles. The van der Waals surface area contributed by atoms with Crippen LogP contribution in [0.25, 0.3) is 0 Å². The molecule has 3 nitrogen and oxygen atoms in total. The standard InChI is InChI=1S/C19H15ClF3NO2/c20-16-9-10-17(19(21,22)23)15(12-16)8-4-5-11-24-18(25)26-13-14-6-2-1-3-7-14/h1-3,6-7,9-10,12H,5,11,13H2,(H,24,25). The molecule has 2 rings (SSSR count). The van der Waals surface area contributed by atoms with E-state index in [9.17, 15) is 18.0 Å². The van der Waals surface area contributed by atoms with Crippen LogP contribution >= 0.6 is 11.6 Å². The van der Waals surface area contributed by atoms with Crippen LogP contribution in [-0.2, 0) is 17.5 Å². The number of hydrogen-bond acceptors (Lipinski definition) is 2. The van der Waals surface area contributed by atoms with Crippen LogP contribution in [0.3, 0.4) is 0 Å². The van der Waals surface area contributed by atoms with Gasteiger partial charge in [-0.2, -0.15) is 13.2 Å². The van der Waals surface area contributed by atoms with Crippen LogP contribution in [0.5, 0.6) is 0 Å². The maximum atomic E-state index is 12.9. The zero-order chi connectivity index (χ0) is 19.0. The van der Waals surface area contributed by atoms with Gasteiger partial charge in [0, 0.05) is 23.6 Å². The summed E-state index contributed by atoms with van der Waals surface area (Å²) in [6.45, 7) is 0.290. The number of ether oxygens (including phenoxy) is 1. The summed E-state index contributed by atoms with van der Waals surface area (Å²) in [7, 11) is 0. The summed E-state index contributed by atoms with van der Waals surface area (Å²) >= 11 is 5.73. The number of amides is 1. The van der Waals surface area contributed by atoms with E-state index in [1.807, 2.05) is 30.3 Å². The maximum absolute atomic E-state index is 12.9. The lowest BCUT2D eigenvalue weighted by molar-refractivity contribution is -0.137. The first-order valence-electron chi connectivity index (χ1n) is 7.66. The Hall–Kier alpha value is -2.65. The van der Waals surface area contributed by atoms with Crippen molar-refractivity contribution in [3.8, 4) is 11.8 Å². The summed E-state index contributed by atoms with van der Waals surface area (Å²) in [6, 6.07) is 12.4. The molecule has 2 aromatic carbocycles. The van der Waals surface area contributed by atoms with E-state index in [1.165, 1.54) is 12.1 Å². The fraction of sp³-hybridized carbons (Fsp3) is 0.211. The summed E-state index contributed by atoms with van der Waals surface area (Å²) < 4.78 is 43.7. The van der Waals surface area contributed by atoms with Crippen LogP contribution in [0.15, 0.2) is 48.5 Å². The van der Waals surface area contributed by atoms with E-state index in [0.29, 0.717) is 0 Å². The van der Waals surface area contributed by atoms with Crippen molar-refractivity contribution in [1.82, 2.24) is 5.32 Å². The molecule has 0 unspecified atom stereocenters. The fourth-order valence-electron chi connectivity index (χ4n) is 2.03. The van der Waals surface area contributed by atoms with Crippen molar-refractivity contribution in [2.24, 2.45) is 0 Å². The summed E-state index contributed by atoms with van der Waals surface area (Å²) in [4.78, 5) is 11.5. The van der Waals surface area contributed by atoms with Crippen LogP contribution in [0.4, 0.5) is 18.0 Å². The van der Waals surface area contributed by atoms with Gasteiger partial charge in [-0.1, -0.05) is 53.8 Å². The summed E-state index contributed by atoms with van der Waals surface area (Å²) in [5, 5.41) is 2.65. The van der Waals surface area contributed by atoms with Crippen molar-refractivity contribution >= 4 is 17.7 Å². The summed E-state index contributed by atoms with van der Waals surface area (Å²) in [5.41, 5.74) is -0.190. The van der Waals surface area contributed by atoms with Gasteiger partial charge in [0.2, 0.25) is 0 Å². The lowest BCUT2D eigenvalue weighted by Gasteiger charge is -2.09. The average molecular weight is 382 g/mol. The van der Waals surface area contributed by atoms with Gasteiger partial charge in [-0.3, -0.25) is 0 Å². The van der Waals surface area contributed by atoms with Gasteiger partial charge in [0.25, 0.3) is 0 Å². The minimum absolute atomic E-state index is 0.135. The number of halogens is 4. The summed E-state index contributed by atoms with van der Waals surface area (Å²) in [5.74, 6) is 5.04. The van der Waals surface area contributed by atoms with E-state index in [-0.39, 0.29) is 30.2 Å². The number of alkyl carbamates (subject to hydrolysis) is 1. The van der Waals surface area contributed by atoms with Gasteiger partial charge >= 0.3 is 12.3 Å². The molecule has 1 amide bonds. The highest BCUT2D eigenvalue weighted by Gasteiger charge is 2.32. The topological polar surface area (TPSA) is 38.3 Å². The van der Waals surface area contributed by atoms with Crippen LogP contribution in [0, 0.1) is 11.8 Å². The molecule has 1 N–H and O–H groups in total. The van der Waals surface area contributed by atoms with E-state index >= 15 is 0 Å². The normalized spacial score (nSPS) is 10.6. The highest BCUT2D eigenvalue weighted by atomic mass is 35.5. The average Bonchev–Trinajstić information content (AvgIpc) is 2.59. The number of benzene rings is 2. The Morgan fingerprint density at radius 3 is 2.58 bits per heavy atom. The highest BCUT2D eigenvalue weighted by Crippen LogP contribution is 2.32. The number of carbonyl (C=O) groups excluding carboxylic acids is 1. The Bertz CT molecular complexity index is 811. The second-order valence-corrected chi connectivity index (χ2v) is 5.66. The first-order valence-corrected chi connectivity index (χ1v) is 8.04. The van der Waals surface area contributed by atoms with Gasteiger partial charge in [-0.15, -0.1) is 0 Å². The fourth-order valence-corrected chi connectivity index (χ4v) is 2.20. The predicted molar refractivity (Wildman–Crippen MR) is 92.6 cm³/mol. The maximum Gasteiger partial charge on any atom is 0.417 e. The predicted octanol–water partition coefficient (Wildman–Crippen LogP) is 5.03. The number of carbonyl (C=O) groups is 1. The van der Waals surface area contributed by atoms with Crippen molar-refractivity contribution in [3.05, 3.63) is 70.2 Å². The molecule has 2 aromatic rings. The second kappa shape index (κ2) is 9.16. The number of rotatable bonds is 4. The third kappa shape index (κ3) is 6.34. The van der Waals surface area contributed by atoms with Crippen LogP contribution < -0.4 is 5.32 Å². The zero-order valence-electron chi connectivity index (χ0n) is 13.6. The van der Waals surface area contributed by atoms with Gasteiger partial charge in [0.1, 0.15) is 6.61 Å². The van der Waals surface area contributed by atoms with Gasteiger partial charge in [0.05, 0.1) is 5.56 Å². The third-order valence-electron chi connectivity index (χ3n) is 3.24. The smallest absolute Gasteiger partial charge is 0.417 e. The monoisotopic (exact) mass is 381 g/mol. The lowest BCUT2D eigenvalue weighted by Crippen LogP contribution is -2.24. The largest absolute Gasteiger partial charge is 0.445 e. The molecule has 0 aliphatic carbocycles. The molecule has 136 valence electrons. The second-order valence-electron chi connectivity index (χ2n) is 5.23. The van der Waals surface area contributed by atoms with Crippen molar-refractivity contribution in [1.29, 1.82) is 0 Å². The molecule has 0 bridgehead atoms. The molecule has 26 heavy (non-hydrogen) atoms. The Kier molecular flexibility index (Phi) is 6.93. The van der Waals surface area contributed by atoms with E-state index in [1.54, 1.807) is 0 Å². The van der Waals surface area contributed by atoms with Crippen LogP contribution in [-0.4, -0.2) is 12.6 Å². The Balaban J connectivity index is 1.82.